The van der Waals surface area contributed by atoms with E-state index in [1.54, 1.807) is 12.0 Å². The molecule has 1 aromatic carbocycles. The Balaban J connectivity index is 1.28. The lowest BCUT2D eigenvalue weighted by atomic mass is 9.79. The van der Waals surface area contributed by atoms with Gasteiger partial charge in [-0.05, 0) is 31.2 Å². The van der Waals surface area contributed by atoms with E-state index < -0.39 is 0 Å². The summed E-state index contributed by atoms with van der Waals surface area (Å²) in [4.78, 5) is 16.4. The van der Waals surface area contributed by atoms with Crippen LogP contribution >= 0.6 is 0 Å². The molecule has 4 rings (SSSR count). The number of amides is 2. The molecule has 0 spiro atoms. The molecule has 2 heterocycles. The van der Waals surface area contributed by atoms with Crippen LogP contribution in [0, 0.1) is 5.41 Å². The third kappa shape index (κ3) is 4.34. The largest absolute Gasteiger partial charge is 0.391 e. The molecule has 2 amide bonds. The zero-order valence-electron chi connectivity index (χ0n) is 16.8. The molecule has 2 saturated heterocycles. The number of carbonyl (C=O) groups excluding carboxylic acids is 1. The average molecular weight is 388 g/mol. The van der Waals surface area contributed by atoms with Crippen LogP contribution in [0.4, 0.5) is 4.79 Å². The van der Waals surface area contributed by atoms with Gasteiger partial charge in [-0.3, -0.25) is 0 Å². The third-order valence-electron chi connectivity index (χ3n) is 6.74. The monoisotopic (exact) mass is 387 g/mol. The predicted octanol–water partition coefficient (Wildman–Crippen LogP) is 2.05. The van der Waals surface area contributed by atoms with Crippen molar-refractivity contribution in [2.45, 2.75) is 43.7 Å². The van der Waals surface area contributed by atoms with Crippen molar-refractivity contribution in [3.8, 4) is 0 Å². The standard InChI is InChI=1S/C22H33N3O3/c1-28-16-22(15-23-20-13-19(20)17-5-3-2-4-6-17)8-11-24(12-9-22)21(27)25-10-7-18(26)14-25/h2-6,18-20,23,26H,7-16H2,1H3. The number of urea groups is 1. The highest BCUT2D eigenvalue weighted by Crippen LogP contribution is 2.42. The fraction of sp³-hybridized carbons (Fsp3) is 0.682. The van der Waals surface area contributed by atoms with Crippen LogP contribution in [-0.4, -0.2) is 79.5 Å². The van der Waals surface area contributed by atoms with Crippen LogP contribution in [0.2, 0.25) is 0 Å². The average Bonchev–Trinajstić information content (AvgIpc) is 3.38. The first kappa shape index (κ1) is 19.7. The van der Waals surface area contributed by atoms with Crippen LogP contribution in [0.1, 0.15) is 37.2 Å². The topological polar surface area (TPSA) is 65.0 Å². The molecule has 0 radical (unpaired) electrons. The number of rotatable bonds is 6. The third-order valence-corrected chi connectivity index (χ3v) is 6.74. The summed E-state index contributed by atoms with van der Waals surface area (Å²) in [5, 5.41) is 13.5. The molecule has 28 heavy (non-hydrogen) atoms. The lowest BCUT2D eigenvalue weighted by Gasteiger charge is -2.42. The number of hydrogen-bond acceptors (Lipinski definition) is 4. The van der Waals surface area contributed by atoms with Crippen molar-refractivity contribution in [2.24, 2.45) is 5.41 Å². The number of nitrogens with zero attached hydrogens (tertiary/aromatic N) is 2. The summed E-state index contributed by atoms with van der Waals surface area (Å²) >= 11 is 0. The summed E-state index contributed by atoms with van der Waals surface area (Å²) < 4.78 is 5.57. The van der Waals surface area contributed by atoms with Gasteiger partial charge in [0.05, 0.1) is 12.7 Å². The summed E-state index contributed by atoms with van der Waals surface area (Å²) in [6, 6.07) is 11.4. The van der Waals surface area contributed by atoms with E-state index >= 15 is 0 Å². The Labute approximate surface area is 167 Å². The number of ether oxygens (including phenoxy) is 1. The van der Waals surface area contributed by atoms with E-state index in [9.17, 15) is 9.90 Å². The van der Waals surface area contributed by atoms with Gasteiger partial charge < -0.3 is 25.0 Å². The minimum absolute atomic E-state index is 0.0851. The summed E-state index contributed by atoms with van der Waals surface area (Å²) in [7, 11) is 1.77. The number of nitrogens with one attached hydrogen (secondary N) is 1. The van der Waals surface area contributed by atoms with E-state index in [0.717, 1.165) is 39.1 Å². The highest BCUT2D eigenvalue weighted by molar-refractivity contribution is 5.75. The molecular formula is C22H33N3O3. The van der Waals surface area contributed by atoms with E-state index in [0.29, 0.717) is 31.5 Å². The van der Waals surface area contributed by atoms with E-state index in [1.165, 1.54) is 12.0 Å². The lowest BCUT2D eigenvalue weighted by Crippen LogP contribution is -2.52. The van der Waals surface area contributed by atoms with Crippen LogP contribution < -0.4 is 5.32 Å². The van der Waals surface area contributed by atoms with Gasteiger partial charge >= 0.3 is 6.03 Å². The second kappa shape index (κ2) is 8.39. The number of methoxy groups -OCH3 is 1. The van der Waals surface area contributed by atoms with Gasteiger partial charge in [-0.25, -0.2) is 4.79 Å². The molecule has 6 nitrogen and oxygen atoms in total. The number of benzene rings is 1. The molecule has 1 aromatic rings. The molecule has 2 N–H and O–H groups in total. The van der Waals surface area contributed by atoms with Crippen molar-refractivity contribution in [2.75, 3.05) is 46.4 Å². The van der Waals surface area contributed by atoms with Gasteiger partial charge in [0.2, 0.25) is 0 Å². The lowest BCUT2D eigenvalue weighted by molar-refractivity contribution is 0.0261. The van der Waals surface area contributed by atoms with Gasteiger partial charge in [-0.15, -0.1) is 0 Å². The van der Waals surface area contributed by atoms with Gasteiger partial charge in [-0.2, -0.15) is 0 Å². The maximum atomic E-state index is 12.7. The molecule has 0 bridgehead atoms. The van der Waals surface area contributed by atoms with Crippen molar-refractivity contribution in [1.82, 2.24) is 15.1 Å². The molecule has 154 valence electrons. The maximum Gasteiger partial charge on any atom is 0.320 e. The number of carbonyl (C=O) groups is 1. The van der Waals surface area contributed by atoms with Gasteiger partial charge in [0, 0.05) is 57.2 Å². The zero-order chi connectivity index (χ0) is 19.6. The second-order valence-electron chi connectivity index (χ2n) is 8.83. The fourth-order valence-electron chi connectivity index (χ4n) is 4.80. The van der Waals surface area contributed by atoms with Gasteiger partial charge in [0.25, 0.3) is 0 Å². The number of aliphatic hydroxyl groups excluding tert-OH is 1. The summed E-state index contributed by atoms with van der Waals surface area (Å²) in [5.41, 5.74) is 1.52. The van der Waals surface area contributed by atoms with E-state index in [4.69, 9.17) is 4.74 Å². The smallest absolute Gasteiger partial charge is 0.320 e. The molecule has 1 aliphatic carbocycles. The number of piperidine rings is 1. The van der Waals surface area contributed by atoms with Gasteiger partial charge in [-0.1, -0.05) is 30.3 Å². The highest BCUT2D eigenvalue weighted by Gasteiger charge is 2.42. The van der Waals surface area contributed by atoms with Crippen molar-refractivity contribution < 1.29 is 14.6 Å². The molecule has 1 saturated carbocycles. The van der Waals surface area contributed by atoms with Crippen LogP contribution in [-0.2, 0) is 4.74 Å². The summed E-state index contributed by atoms with van der Waals surface area (Å²) in [6.07, 6.45) is 3.45. The minimum atomic E-state index is -0.360. The molecule has 2 aliphatic heterocycles. The maximum absolute atomic E-state index is 12.7. The Kier molecular flexibility index (Phi) is 5.90. The first-order chi connectivity index (χ1) is 13.6. The number of aliphatic hydroxyl groups is 1. The van der Waals surface area contributed by atoms with E-state index in [-0.39, 0.29) is 17.6 Å². The van der Waals surface area contributed by atoms with Crippen molar-refractivity contribution in [1.29, 1.82) is 0 Å². The van der Waals surface area contributed by atoms with Crippen molar-refractivity contribution in [3.63, 3.8) is 0 Å². The minimum Gasteiger partial charge on any atom is -0.391 e. The molecule has 3 aliphatic rings. The summed E-state index contributed by atoms with van der Waals surface area (Å²) in [5.74, 6) is 0.629. The zero-order valence-corrected chi connectivity index (χ0v) is 16.8. The summed E-state index contributed by atoms with van der Waals surface area (Å²) in [6.45, 7) is 4.35. The van der Waals surface area contributed by atoms with E-state index in [2.05, 4.69) is 35.6 Å². The molecule has 6 heteroatoms. The number of likely N-dealkylation sites (tertiary alicyclic amines) is 2. The van der Waals surface area contributed by atoms with Crippen molar-refractivity contribution in [3.05, 3.63) is 35.9 Å². The Morgan fingerprint density at radius 3 is 2.61 bits per heavy atom. The SMILES string of the molecule is COCC1(CNC2CC2c2ccccc2)CCN(C(=O)N2CCC(O)C2)CC1. The highest BCUT2D eigenvalue weighted by atomic mass is 16.5. The van der Waals surface area contributed by atoms with E-state index in [1.807, 2.05) is 4.90 Å². The molecule has 3 fully saturated rings. The quantitative estimate of drug-likeness (QED) is 0.784. The second-order valence-corrected chi connectivity index (χ2v) is 8.83. The van der Waals surface area contributed by atoms with Gasteiger partial charge in [0.1, 0.15) is 0 Å². The normalized spacial score (nSPS) is 29.1. The van der Waals surface area contributed by atoms with Crippen LogP contribution in [0.25, 0.3) is 0 Å². The van der Waals surface area contributed by atoms with Crippen LogP contribution in [0.15, 0.2) is 30.3 Å². The van der Waals surface area contributed by atoms with Crippen molar-refractivity contribution >= 4 is 6.03 Å². The first-order valence-corrected chi connectivity index (χ1v) is 10.6. The Hall–Kier alpha value is -1.63. The van der Waals surface area contributed by atoms with Crippen LogP contribution in [0.5, 0.6) is 0 Å². The molecule has 3 unspecified atom stereocenters. The number of hydrogen-bond donors (Lipinski definition) is 2. The Bertz CT molecular complexity index is 660. The first-order valence-electron chi connectivity index (χ1n) is 10.6. The predicted molar refractivity (Wildman–Crippen MR) is 108 cm³/mol. The molecule has 0 aromatic heterocycles. The van der Waals surface area contributed by atoms with Gasteiger partial charge in [0.15, 0.2) is 0 Å². The fourth-order valence-corrected chi connectivity index (χ4v) is 4.80. The molecule has 3 atom stereocenters. The Morgan fingerprint density at radius 2 is 1.96 bits per heavy atom. The van der Waals surface area contributed by atoms with Crippen LogP contribution in [0.3, 0.4) is 0 Å². The molecular weight excluding hydrogens is 354 g/mol. The number of β-amino-alcohol motifs (C(OH)–C–C–N with tert-alkyl or cyclic N) is 1. The Morgan fingerprint density at radius 1 is 1.21 bits per heavy atom.